The van der Waals surface area contributed by atoms with Crippen LogP contribution in [0.2, 0.25) is 0 Å². The molecule has 1 atom stereocenters. The minimum absolute atomic E-state index is 0.102. The van der Waals surface area contributed by atoms with Crippen molar-refractivity contribution >= 4 is 11.9 Å². The molecule has 1 fully saturated rings. The van der Waals surface area contributed by atoms with Crippen molar-refractivity contribution in [3.63, 3.8) is 0 Å². The Kier molecular flexibility index (Phi) is 5.31. The van der Waals surface area contributed by atoms with E-state index in [0.29, 0.717) is 35.3 Å². The van der Waals surface area contributed by atoms with Crippen molar-refractivity contribution in [2.75, 3.05) is 12.3 Å². The number of carbonyl (C=O) groups is 1. The third kappa shape index (κ3) is 3.80. The van der Waals surface area contributed by atoms with Crippen LogP contribution in [-0.4, -0.2) is 31.9 Å². The first-order valence-electron chi connectivity index (χ1n) is 9.80. The van der Waals surface area contributed by atoms with Gasteiger partial charge in [-0.3, -0.25) is 9.59 Å². The molecule has 2 N–H and O–H groups in total. The van der Waals surface area contributed by atoms with E-state index in [-0.39, 0.29) is 29.3 Å². The number of carbonyl (C=O) groups excluding carboxylic acids is 1. The van der Waals surface area contributed by atoms with Crippen LogP contribution in [0.1, 0.15) is 41.4 Å². The van der Waals surface area contributed by atoms with E-state index in [2.05, 4.69) is 9.97 Å². The third-order valence-corrected chi connectivity index (χ3v) is 5.38. The van der Waals surface area contributed by atoms with Crippen LogP contribution in [0, 0.1) is 5.82 Å². The van der Waals surface area contributed by atoms with E-state index in [0.717, 1.165) is 12.8 Å². The predicted octanol–water partition coefficient (Wildman–Crippen LogP) is 2.93. The van der Waals surface area contributed by atoms with Crippen LogP contribution in [0.25, 0.3) is 11.1 Å². The molecular formula is C22H22FN5O2. The molecule has 0 aliphatic carbocycles. The molecule has 0 spiro atoms. The van der Waals surface area contributed by atoms with Gasteiger partial charge in [-0.15, -0.1) is 0 Å². The number of nitrogens with two attached hydrogens (primary N) is 1. The van der Waals surface area contributed by atoms with E-state index in [1.54, 1.807) is 30.3 Å². The molecule has 0 unspecified atom stereocenters. The Balaban J connectivity index is 1.78. The monoisotopic (exact) mass is 407 g/mol. The fourth-order valence-electron chi connectivity index (χ4n) is 3.89. The average molecular weight is 407 g/mol. The van der Waals surface area contributed by atoms with E-state index in [1.807, 2.05) is 0 Å². The van der Waals surface area contributed by atoms with Gasteiger partial charge in [0, 0.05) is 37.6 Å². The fourth-order valence-corrected chi connectivity index (χ4v) is 3.89. The number of halogens is 1. The lowest BCUT2D eigenvalue weighted by molar-refractivity contribution is 0.0606. The maximum atomic E-state index is 13.8. The summed E-state index contributed by atoms with van der Waals surface area (Å²) in [5.41, 5.74) is 8.00. The molecule has 1 aromatic carbocycles. The third-order valence-electron chi connectivity index (χ3n) is 5.38. The Morgan fingerprint density at radius 1 is 1.23 bits per heavy atom. The smallest absolute Gasteiger partial charge is 0.255 e. The lowest BCUT2D eigenvalue weighted by Crippen LogP contribution is -2.39. The van der Waals surface area contributed by atoms with Crippen LogP contribution in [0.3, 0.4) is 0 Å². The zero-order chi connectivity index (χ0) is 21.3. The van der Waals surface area contributed by atoms with Crippen LogP contribution >= 0.6 is 0 Å². The van der Waals surface area contributed by atoms with E-state index in [1.165, 1.54) is 35.0 Å². The van der Waals surface area contributed by atoms with Gasteiger partial charge in [-0.1, -0.05) is 12.1 Å². The molecule has 0 saturated carbocycles. The van der Waals surface area contributed by atoms with Gasteiger partial charge < -0.3 is 15.2 Å². The SMILES string of the molecule is Cn1cc(C(=O)N2CCCC[C@H]2c2nc(N)ncc2-c2cccc(F)c2)ccc1=O. The zero-order valence-corrected chi connectivity index (χ0v) is 16.6. The van der Waals surface area contributed by atoms with Crippen molar-refractivity contribution in [1.82, 2.24) is 19.4 Å². The van der Waals surface area contributed by atoms with Crippen LogP contribution in [0.4, 0.5) is 10.3 Å². The number of aromatic nitrogens is 3. The number of amides is 1. The van der Waals surface area contributed by atoms with E-state index >= 15 is 0 Å². The van der Waals surface area contributed by atoms with Gasteiger partial charge in [-0.2, -0.15) is 0 Å². The molecular weight excluding hydrogens is 385 g/mol. The molecule has 1 saturated heterocycles. The van der Waals surface area contributed by atoms with Crippen molar-refractivity contribution in [3.8, 4) is 11.1 Å². The number of likely N-dealkylation sites (tertiary alicyclic amines) is 1. The minimum Gasteiger partial charge on any atom is -0.368 e. The number of anilines is 1. The maximum Gasteiger partial charge on any atom is 0.255 e. The molecule has 154 valence electrons. The molecule has 3 heterocycles. The molecule has 8 heteroatoms. The lowest BCUT2D eigenvalue weighted by atomic mass is 9.93. The highest BCUT2D eigenvalue weighted by Crippen LogP contribution is 2.36. The molecule has 1 amide bonds. The first kappa shape index (κ1) is 19.8. The van der Waals surface area contributed by atoms with Gasteiger partial charge in [0.1, 0.15) is 5.82 Å². The van der Waals surface area contributed by atoms with Crippen LogP contribution < -0.4 is 11.3 Å². The van der Waals surface area contributed by atoms with Crippen LogP contribution in [0.15, 0.2) is 53.6 Å². The highest BCUT2D eigenvalue weighted by molar-refractivity contribution is 5.94. The summed E-state index contributed by atoms with van der Waals surface area (Å²) in [6.07, 6.45) is 5.61. The van der Waals surface area contributed by atoms with Gasteiger partial charge >= 0.3 is 0 Å². The Morgan fingerprint density at radius 2 is 2.07 bits per heavy atom. The summed E-state index contributed by atoms with van der Waals surface area (Å²) in [4.78, 5) is 35.3. The van der Waals surface area contributed by atoms with Crippen LogP contribution in [0.5, 0.6) is 0 Å². The number of nitrogens with zero attached hydrogens (tertiary/aromatic N) is 4. The second kappa shape index (κ2) is 8.06. The molecule has 3 aromatic rings. The predicted molar refractivity (Wildman–Crippen MR) is 111 cm³/mol. The normalized spacial score (nSPS) is 16.5. The lowest BCUT2D eigenvalue weighted by Gasteiger charge is -2.36. The van der Waals surface area contributed by atoms with Crippen molar-refractivity contribution in [2.45, 2.75) is 25.3 Å². The average Bonchev–Trinajstić information content (AvgIpc) is 2.75. The highest BCUT2D eigenvalue weighted by Gasteiger charge is 2.32. The molecule has 7 nitrogen and oxygen atoms in total. The van der Waals surface area contributed by atoms with E-state index < -0.39 is 0 Å². The number of aryl methyl sites for hydroxylation is 1. The summed E-state index contributed by atoms with van der Waals surface area (Å²) in [5, 5.41) is 0. The molecule has 1 aliphatic rings. The number of hydrogen-bond acceptors (Lipinski definition) is 5. The summed E-state index contributed by atoms with van der Waals surface area (Å²) in [7, 11) is 1.61. The largest absolute Gasteiger partial charge is 0.368 e. The van der Waals surface area contributed by atoms with Crippen molar-refractivity contribution in [2.24, 2.45) is 7.05 Å². The van der Waals surface area contributed by atoms with Gasteiger partial charge in [-0.25, -0.2) is 14.4 Å². The van der Waals surface area contributed by atoms with Crippen LogP contribution in [-0.2, 0) is 7.05 Å². The Hall–Kier alpha value is -3.55. The number of benzene rings is 1. The molecule has 2 aromatic heterocycles. The number of nitrogen functional groups attached to an aromatic ring is 1. The summed E-state index contributed by atoms with van der Waals surface area (Å²) in [5.74, 6) is -0.444. The topological polar surface area (TPSA) is 94.1 Å². The Morgan fingerprint density at radius 3 is 2.83 bits per heavy atom. The van der Waals surface area contributed by atoms with E-state index in [4.69, 9.17) is 5.73 Å². The molecule has 4 rings (SSSR count). The number of hydrogen-bond donors (Lipinski definition) is 1. The summed E-state index contributed by atoms with van der Waals surface area (Å²) < 4.78 is 15.2. The Labute approximate surface area is 173 Å². The fraction of sp³-hybridized carbons (Fsp3) is 0.273. The van der Waals surface area contributed by atoms with Gasteiger partial charge in [0.25, 0.3) is 5.91 Å². The van der Waals surface area contributed by atoms with Gasteiger partial charge in [0.05, 0.1) is 17.3 Å². The minimum atomic E-state index is -0.364. The van der Waals surface area contributed by atoms with E-state index in [9.17, 15) is 14.0 Å². The first-order chi connectivity index (χ1) is 14.4. The number of piperidine rings is 1. The van der Waals surface area contributed by atoms with Crippen molar-refractivity contribution in [3.05, 3.63) is 76.2 Å². The first-order valence-corrected chi connectivity index (χ1v) is 9.80. The van der Waals surface area contributed by atoms with Crippen molar-refractivity contribution < 1.29 is 9.18 Å². The number of pyridine rings is 1. The molecule has 0 bridgehead atoms. The summed E-state index contributed by atoms with van der Waals surface area (Å²) in [6.45, 7) is 0.554. The van der Waals surface area contributed by atoms with Gasteiger partial charge in [0.15, 0.2) is 0 Å². The standard InChI is InChI=1S/C22H22FN5O2/c1-27-13-15(8-9-19(27)29)21(30)28-10-3-2-7-18(28)20-17(12-25-22(24)26-20)14-5-4-6-16(23)11-14/h4-6,8-9,11-13,18H,2-3,7,10H2,1H3,(H2,24,25,26)/t18-/m0/s1. The molecule has 1 aliphatic heterocycles. The van der Waals surface area contributed by atoms with Crippen molar-refractivity contribution in [1.29, 1.82) is 0 Å². The maximum absolute atomic E-state index is 13.8. The number of rotatable bonds is 3. The second-order valence-electron chi connectivity index (χ2n) is 7.41. The second-order valence-corrected chi connectivity index (χ2v) is 7.41. The Bertz CT molecular complexity index is 1160. The highest BCUT2D eigenvalue weighted by atomic mass is 19.1. The van der Waals surface area contributed by atoms with Gasteiger partial charge in [-0.05, 0) is 43.0 Å². The molecule has 30 heavy (non-hydrogen) atoms. The van der Waals surface area contributed by atoms with Gasteiger partial charge in [0.2, 0.25) is 11.5 Å². The quantitative estimate of drug-likeness (QED) is 0.720. The summed E-state index contributed by atoms with van der Waals surface area (Å²) >= 11 is 0. The molecule has 0 radical (unpaired) electrons. The zero-order valence-electron chi connectivity index (χ0n) is 16.6. The summed E-state index contributed by atoms with van der Waals surface area (Å²) in [6, 6.07) is 8.79.